The van der Waals surface area contributed by atoms with Gasteiger partial charge in [-0.25, -0.2) is 4.79 Å². The van der Waals surface area contributed by atoms with E-state index in [1.807, 2.05) is 0 Å². The Balaban J connectivity index is 1.87. The van der Waals surface area contributed by atoms with Gasteiger partial charge in [-0.3, -0.25) is 4.21 Å². The molecule has 2 rings (SSSR count). The van der Waals surface area contributed by atoms with Gasteiger partial charge in [0.2, 0.25) is 0 Å². The van der Waals surface area contributed by atoms with E-state index in [1.54, 1.807) is 30.5 Å². The quantitative estimate of drug-likeness (QED) is 0.745. The minimum Gasteiger partial charge on any atom is -0.388 e. The fraction of sp³-hybridized carbons (Fsp3) is 0.562. The molecule has 5 nitrogen and oxygen atoms in total. The molecular weight excluding hydrogens is 300 g/mol. The van der Waals surface area contributed by atoms with Crippen LogP contribution in [0.5, 0.6) is 0 Å². The van der Waals surface area contributed by atoms with Crippen LogP contribution in [0, 0.1) is 0 Å². The van der Waals surface area contributed by atoms with Crippen molar-refractivity contribution in [3.05, 3.63) is 24.3 Å². The van der Waals surface area contributed by atoms with E-state index >= 15 is 0 Å². The van der Waals surface area contributed by atoms with Gasteiger partial charge < -0.3 is 15.7 Å². The fourth-order valence-electron chi connectivity index (χ4n) is 2.74. The topological polar surface area (TPSA) is 78.4 Å². The lowest BCUT2D eigenvalue weighted by Gasteiger charge is -2.26. The third-order valence-electron chi connectivity index (χ3n) is 4.04. The average Bonchev–Trinajstić information content (AvgIpc) is 2.71. The number of hydrogen-bond acceptors (Lipinski definition) is 3. The molecule has 0 spiro atoms. The second-order valence-electron chi connectivity index (χ2n) is 5.93. The number of aliphatic hydroxyl groups is 1. The van der Waals surface area contributed by atoms with Crippen molar-refractivity contribution >= 4 is 22.5 Å². The zero-order valence-electron chi connectivity index (χ0n) is 12.9. The molecule has 0 unspecified atom stereocenters. The van der Waals surface area contributed by atoms with Gasteiger partial charge in [0.1, 0.15) is 0 Å². The minimum atomic E-state index is -1.08. The van der Waals surface area contributed by atoms with Gasteiger partial charge >= 0.3 is 6.03 Å². The second-order valence-corrected chi connectivity index (χ2v) is 7.31. The summed E-state index contributed by atoms with van der Waals surface area (Å²) in [5.41, 5.74) is -0.196. The molecule has 0 aromatic heterocycles. The van der Waals surface area contributed by atoms with Crippen molar-refractivity contribution in [2.45, 2.75) is 49.0 Å². The van der Waals surface area contributed by atoms with Crippen LogP contribution < -0.4 is 10.6 Å². The summed E-state index contributed by atoms with van der Waals surface area (Å²) in [5, 5.41) is 16.0. The summed E-state index contributed by atoms with van der Waals surface area (Å²) < 4.78 is 11.4. The van der Waals surface area contributed by atoms with Gasteiger partial charge in [0.25, 0.3) is 0 Å². The normalized spacial score (nSPS) is 19.0. The van der Waals surface area contributed by atoms with Gasteiger partial charge in [-0.1, -0.05) is 31.7 Å². The molecule has 122 valence electrons. The first-order valence-electron chi connectivity index (χ1n) is 7.69. The van der Waals surface area contributed by atoms with E-state index in [9.17, 15) is 14.1 Å². The zero-order chi connectivity index (χ0) is 16.0. The molecule has 1 aromatic rings. The molecule has 0 bridgehead atoms. The summed E-state index contributed by atoms with van der Waals surface area (Å²) in [7, 11) is -1.08. The van der Waals surface area contributed by atoms with Crippen LogP contribution in [0.15, 0.2) is 29.2 Å². The Hall–Kier alpha value is -1.40. The van der Waals surface area contributed by atoms with Crippen molar-refractivity contribution in [2.24, 2.45) is 0 Å². The van der Waals surface area contributed by atoms with Gasteiger partial charge in [0.15, 0.2) is 0 Å². The third kappa shape index (κ3) is 5.10. The van der Waals surface area contributed by atoms with Crippen molar-refractivity contribution in [1.29, 1.82) is 0 Å². The molecule has 1 aromatic carbocycles. The predicted octanol–water partition coefficient (Wildman–Crippen LogP) is 2.63. The highest BCUT2D eigenvalue weighted by Crippen LogP contribution is 2.26. The molecule has 6 heteroatoms. The fourth-order valence-corrected chi connectivity index (χ4v) is 3.30. The number of carbonyl (C=O) groups is 1. The van der Waals surface area contributed by atoms with Crippen LogP contribution in [-0.2, 0) is 10.8 Å². The summed E-state index contributed by atoms with van der Waals surface area (Å²) in [4.78, 5) is 12.6. The molecule has 0 saturated heterocycles. The van der Waals surface area contributed by atoms with Gasteiger partial charge in [-0.2, -0.15) is 0 Å². The van der Waals surface area contributed by atoms with Crippen molar-refractivity contribution in [1.82, 2.24) is 5.32 Å². The first kappa shape index (κ1) is 17.0. The first-order valence-corrected chi connectivity index (χ1v) is 9.25. The van der Waals surface area contributed by atoms with E-state index in [-0.39, 0.29) is 12.6 Å². The number of nitrogens with one attached hydrogen (secondary N) is 2. The maximum absolute atomic E-state index is 12.0. The Bertz CT molecular complexity index is 540. The summed E-state index contributed by atoms with van der Waals surface area (Å²) in [6.07, 6.45) is 7.37. The average molecular weight is 324 g/mol. The Morgan fingerprint density at radius 1 is 1.27 bits per heavy atom. The van der Waals surface area contributed by atoms with Gasteiger partial charge in [-0.05, 0) is 31.0 Å². The molecule has 22 heavy (non-hydrogen) atoms. The molecule has 0 radical (unpaired) electrons. The highest BCUT2D eigenvalue weighted by Gasteiger charge is 2.28. The van der Waals surface area contributed by atoms with E-state index in [2.05, 4.69) is 10.6 Å². The van der Waals surface area contributed by atoms with Crippen molar-refractivity contribution < 1.29 is 14.1 Å². The SMILES string of the molecule is C[S@@](=O)c1cccc(NC(=O)NCC2(O)CCCCCC2)c1. The van der Waals surface area contributed by atoms with Gasteiger partial charge in [0, 0.05) is 34.2 Å². The van der Waals surface area contributed by atoms with Crippen LogP contribution >= 0.6 is 0 Å². The second kappa shape index (κ2) is 7.74. The largest absolute Gasteiger partial charge is 0.388 e. The van der Waals surface area contributed by atoms with E-state index in [0.717, 1.165) is 38.5 Å². The van der Waals surface area contributed by atoms with Crippen LogP contribution in [-0.4, -0.2) is 33.7 Å². The number of rotatable bonds is 4. The van der Waals surface area contributed by atoms with Crippen LogP contribution in [0.4, 0.5) is 10.5 Å². The highest BCUT2D eigenvalue weighted by molar-refractivity contribution is 7.84. The number of carbonyl (C=O) groups excluding carboxylic acids is 1. The number of anilines is 1. The lowest BCUT2D eigenvalue weighted by atomic mass is 9.95. The monoisotopic (exact) mass is 324 g/mol. The lowest BCUT2D eigenvalue weighted by Crippen LogP contribution is -2.44. The number of hydrogen-bond donors (Lipinski definition) is 3. The molecule has 1 fully saturated rings. The van der Waals surface area contributed by atoms with Crippen LogP contribution in [0.2, 0.25) is 0 Å². The van der Waals surface area contributed by atoms with E-state index in [1.165, 1.54) is 0 Å². The number of amides is 2. The number of urea groups is 1. The van der Waals surface area contributed by atoms with Crippen LogP contribution in [0.3, 0.4) is 0 Å². The zero-order valence-corrected chi connectivity index (χ0v) is 13.7. The predicted molar refractivity (Wildman–Crippen MR) is 88.4 cm³/mol. The molecule has 1 saturated carbocycles. The van der Waals surface area contributed by atoms with Crippen LogP contribution in [0.25, 0.3) is 0 Å². The first-order chi connectivity index (χ1) is 10.5. The van der Waals surface area contributed by atoms with Crippen molar-refractivity contribution in [3.8, 4) is 0 Å². The van der Waals surface area contributed by atoms with Gasteiger partial charge in [0.05, 0.1) is 5.60 Å². The molecule has 1 aliphatic carbocycles. The maximum atomic E-state index is 12.0. The van der Waals surface area contributed by atoms with E-state index in [0.29, 0.717) is 10.6 Å². The summed E-state index contributed by atoms with van der Waals surface area (Å²) in [6, 6.07) is 6.60. The molecule has 3 N–H and O–H groups in total. The Morgan fingerprint density at radius 2 is 1.95 bits per heavy atom. The molecular formula is C16H24N2O3S. The number of benzene rings is 1. The summed E-state index contributed by atoms with van der Waals surface area (Å²) in [6.45, 7) is 0.262. The van der Waals surface area contributed by atoms with Crippen molar-refractivity contribution in [3.63, 3.8) is 0 Å². The Morgan fingerprint density at radius 3 is 2.59 bits per heavy atom. The molecule has 0 aliphatic heterocycles. The Labute approximate surface area is 134 Å². The molecule has 0 heterocycles. The smallest absolute Gasteiger partial charge is 0.319 e. The summed E-state index contributed by atoms with van der Waals surface area (Å²) in [5.74, 6) is 0. The van der Waals surface area contributed by atoms with Crippen LogP contribution in [0.1, 0.15) is 38.5 Å². The third-order valence-corrected chi connectivity index (χ3v) is 4.95. The highest BCUT2D eigenvalue weighted by atomic mass is 32.2. The van der Waals surface area contributed by atoms with E-state index in [4.69, 9.17) is 0 Å². The van der Waals surface area contributed by atoms with Crippen molar-refractivity contribution in [2.75, 3.05) is 18.1 Å². The summed E-state index contributed by atoms with van der Waals surface area (Å²) >= 11 is 0. The Kier molecular flexibility index (Phi) is 5.97. The molecule has 1 aliphatic rings. The van der Waals surface area contributed by atoms with E-state index < -0.39 is 16.4 Å². The lowest BCUT2D eigenvalue weighted by molar-refractivity contribution is 0.0281. The minimum absolute atomic E-state index is 0.262. The molecule has 1 atom stereocenters. The van der Waals surface area contributed by atoms with Gasteiger partial charge in [-0.15, -0.1) is 0 Å². The standard InChI is InChI=1S/C16H24N2O3S/c1-22(21)14-8-6-7-13(11-14)18-15(19)17-12-16(20)9-4-2-3-5-10-16/h6-8,11,20H,2-5,9-10,12H2,1H3,(H2,17,18,19)/t22-/m1/s1. The maximum Gasteiger partial charge on any atom is 0.319 e. The molecule has 2 amide bonds.